The van der Waals surface area contributed by atoms with Gasteiger partial charge in [-0.2, -0.15) is 0 Å². The highest BCUT2D eigenvalue weighted by Crippen LogP contribution is 2.40. The Morgan fingerprint density at radius 3 is 2.62 bits per heavy atom. The number of likely N-dealkylation sites (N-methyl/N-ethyl adjacent to an activating group) is 1. The van der Waals surface area contributed by atoms with Gasteiger partial charge in [0.25, 0.3) is 5.91 Å². The van der Waals surface area contributed by atoms with Crippen LogP contribution in [0.2, 0.25) is 0 Å². The molecule has 1 amide bonds. The van der Waals surface area contributed by atoms with E-state index in [4.69, 9.17) is 0 Å². The van der Waals surface area contributed by atoms with Crippen LogP contribution in [0.15, 0.2) is 12.4 Å². The second kappa shape index (κ2) is 8.14. The van der Waals surface area contributed by atoms with Gasteiger partial charge in [0.1, 0.15) is 11.2 Å². The maximum atomic E-state index is 13.1. The lowest BCUT2D eigenvalue weighted by atomic mass is 9.94. The SMILES string of the molecule is CCN(CC)C1(c2nnnn2C2CCCC2)CCN(C(=O)c2cnc(C)cn2)C1. The van der Waals surface area contributed by atoms with Crippen molar-refractivity contribution in [3.8, 4) is 0 Å². The minimum atomic E-state index is -0.372. The van der Waals surface area contributed by atoms with Gasteiger partial charge in [-0.1, -0.05) is 26.7 Å². The highest BCUT2D eigenvalue weighted by atomic mass is 16.2. The summed E-state index contributed by atoms with van der Waals surface area (Å²) in [6.45, 7) is 9.15. The average molecular weight is 399 g/mol. The van der Waals surface area contributed by atoms with E-state index in [1.165, 1.54) is 12.8 Å². The summed E-state index contributed by atoms with van der Waals surface area (Å²) < 4.78 is 2.05. The summed E-state index contributed by atoms with van der Waals surface area (Å²) in [6, 6.07) is 0.361. The largest absolute Gasteiger partial charge is 0.335 e. The predicted octanol–water partition coefficient (Wildman–Crippen LogP) is 1.97. The highest BCUT2D eigenvalue weighted by Gasteiger charge is 2.49. The molecule has 4 rings (SSSR count). The summed E-state index contributed by atoms with van der Waals surface area (Å²) in [6.07, 6.45) is 8.70. The monoisotopic (exact) mass is 398 g/mol. The molecule has 2 aliphatic rings. The molecule has 1 saturated carbocycles. The van der Waals surface area contributed by atoms with Crippen LogP contribution >= 0.6 is 0 Å². The molecule has 29 heavy (non-hydrogen) atoms. The number of carbonyl (C=O) groups is 1. The Bertz CT molecular complexity index is 840. The third kappa shape index (κ3) is 3.52. The summed E-state index contributed by atoms with van der Waals surface area (Å²) >= 11 is 0. The van der Waals surface area contributed by atoms with Crippen molar-refractivity contribution in [1.82, 2.24) is 40.0 Å². The van der Waals surface area contributed by atoms with Crippen LogP contribution in [0.4, 0.5) is 0 Å². The van der Waals surface area contributed by atoms with Crippen LogP contribution in [0.1, 0.15) is 74.0 Å². The van der Waals surface area contributed by atoms with Crippen LogP contribution in [0, 0.1) is 6.92 Å². The van der Waals surface area contributed by atoms with Crippen molar-refractivity contribution in [3.05, 3.63) is 29.6 Å². The van der Waals surface area contributed by atoms with E-state index in [1.54, 1.807) is 12.4 Å². The molecular formula is C20H30N8O. The summed E-state index contributed by atoms with van der Waals surface area (Å²) in [7, 11) is 0. The van der Waals surface area contributed by atoms with Gasteiger partial charge in [0.15, 0.2) is 5.82 Å². The quantitative estimate of drug-likeness (QED) is 0.734. The summed E-state index contributed by atoms with van der Waals surface area (Å²) in [5.41, 5.74) is 0.821. The number of hydrogen-bond acceptors (Lipinski definition) is 7. The van der Waals surface area contributed by atoms with E-state index in [-0.39, 0.29) is 11.4 Å². The van der Waals surface area contributed by atoms with Crippen LogP contribution < -0.4 is 0 Å². The van der Waals surface area contributed by atoms with Crippen molar-refractivity contribution in [1.29, 1.82) is 0 Å². The van der Waals surface area contributed by atoms with E-state index in [2.05, 4.69) is 44.2 Å². The molecular weight excluding hydrogens is 368 g/mol. The number of nitrogens with zero attached hydrogens (tertiary/aromatic N) is 8. The van der Waals surface area contributed by atoms with Crippen molar-refractivity contribution in [2.24, 2.45) is 0 Å². The summed E-state index contributed by atoms with van der Waals surface area (Å²) in [5.74, 6) is 0.824. The van der Waals surface area contributed by atoms with Crippen LogP contribution in [0.25, 0.3) is 0 Å². The van der Waals surface area contributed by atoms with E-state index in [1.807, 2.05) is 16.5 Å². The van der Waals surface area contributed by atoms with Gasteiger partial charge < -0.3 is 4.90 Å². The van der Waals surface area contributed by atoms with Crippen molar-refractivity contribution in [2.75, 3.05) is 26.2 Å². The predicted molar refractivity (Wildman–Crippen MR) is 107 cm³/mol. The normalized spacial score (nSPS) is 22.7. The molecule has 0 aromatic carbocycles. The number of likely N-dealkylation sites (tertiary alicyclic amines) is 1. The molecule has 2 aromatic rings. The second-order valence-corrected chi connectivity index (χ2v) is 8.11. The smallest absolute Gasteiger partial charge is 0.274 e. The first-order valence-electron chi connectivity index (χ1n) is 10.7. The van der Waals surface area contributed by atoms with E-state index >= 15 is 0 Å². The fourth-order valence-electron chi connectivity index (χ4n) is 4.94. The minimum absolute atomic E-state index is 0.0774. The highest BCUT2D eigenvalue weighted by molar-refractivity contribution is 5.92. The Morgan fingerprint density at radius 1 is 1.21 bits per heavy atom. The lowest BCUT2D eigenvalue weighted by molar-refractivity contribution is 0.0656. The molecule has 1 atom stereocenters. The molecule has 2 fully saturated rings. The zero-order valence-electron chi connectivity index (χ0n) is 17.6. The van der Waals surface area contributed by atoms with E-state index in [9.17, 15) is 4.79 Å². The lowest BCUT2D eigenvalue weighted by Crippen LogP contribution is -2.50. The molecule has 1 unspecified atom stereocenters. The van der Waals surface area contributed by atoms with Gasteiger partial charge in [0.2, 0.25) is 0 Å². The van der Waals surface area contributed by atoms with Crippen LogP contribution in [0.3, 0.4) is 0 Å². The standard InChI is InChI=1S/C20H30N8O/c1-4-27(5-2)20(19-23-24-25-28(19)16-8-6-7-9-16)10-11-26(14-20)18(29)17-13-21-15(3)12-22-17/h12-13,16H,4-11,14H2,1-3H3. The second-order valence-electron chi connectivity index (χ2n) is 8.11. The first-order valence-corrected chi connectivity index (χ1v) is 10.7. The fourth-order valence-corrected chi connectivity index (χ4v) is 4.94. The maximum Gasteiger partial charge on any atom is 0.274 e. The molecule has 0 radical (unpaired) electrons. The van der Waals surface area contributed by atoms with Gasteiger partial charge in [0.05, 0.1) is 17.9 Å². The molecule has 0 spiro atoms. The topological polar surface area (TPSA) is 92.9 Å². The molecule has 3 heterocycles. The van der Waals surface area contributed by atoms with E-state index < -0.39 is 0 Å². The molecule has 0 N–H and O–H groups in total. The molecule has 0 bridgehead atoms. The number of hydrogen-bond donors (Lipinski definition) is 0. The van der Waals surface area contributed by atoms with Crippen LogP contribution in [-0.4, -0.2) is 72.1 Å². The fraction of sp³-hybridized carbons (Fsp3) is 0.700. The van der Waals surface area contributed by atoms with E-state index in [0.717, 1.165) is 43.9 Å². The van der Waals surface area contributed by atoms with Crippen molar-refractivity contribution in [3.63, 3.8) is 0 Å². The minimum Gasteiger partial charge on any atom is -0.335 e. The Balaban J connectivity index is 1.66. The van der Waals surface area contributed by atoms with Crippen molar-refractivity contribution in [2.45, 2.75) is 64.5 Å². The average Bonchev–Trinajstić information content (AvgIpc) is 3.48. The van der Waals surface area contributed by atoms with Gasteiger partial charge in [-0.3, -0.25) is 14.7 Å². The van der Waals surface area contributed by atoms with Crippen molar-refractivity contribution < 1.29 is 4.79 Å². The third-order valence-corrected chi connectivity index (χ3v) is 6.48. The number of aromatic nitrogens is 6. The summed E-state index contributed by atoms with van der Waals surface area (Å²) in [4.78, 5) is 25.9. The Morgan fingerprint density at radius 2 is 1.97 bits per heavy atom. The van der Waals surface area contributed by atoms with Gasteiger partial charge in [-0.05, 0) is 49.7 Å². The molecule has 9 heteroatoms. The molecule has 9 nitrogen and oxygen atoms in total. The molecule has 2 aromatic heterocycles. The Hall–Kier alpha value is -2.42. The van der Waals surface area contributed by atoms with Crippen LogP contribution in [-0.2, 0) is 5.54 Å². The van der Waals surface area contributed by atoms with Crippen molar-refractivity contribution >= 4 is 5.91 Å². The number of aryl methyl sites for hydroxylation is 1. The van der Waals surface area contributed by atoms with Gasteiger partial charge in [-0.25, -0.2) is 9.67 Å². The first kappa shape index (κ1) is 19.9. The number of carbonyl (C=O) groups excluding carboxylic acids is 1. The number of rotatable bonds is 6. The number of tetrazole rings is 1. The van der Waals surface area contributed by atoms with Gasteiger partial charge >= 0.3 is 0 Å². The Kier molecular flexibility index (Phi) is 5.58. The Labute approximate surface area is 171 Å². The zero-order chi connectivity index (χ0) is 20.4. The molecule has 1 aliphatic carbocycles. The van der Waals surface area contributed by atoms with Gasteiger partial charge in [-0.15, -0.1) is 5.10 Å². The maximum absolute atomic E-state index is 13.1. The van der Waals surface area contributed by atoms with E-state index in [0.29, 0.717) is 24.8 Å². The molecule has 1 saturated heterocycles. The number of amides is 1. The molecule has 156 valence electrons. The van der Waals surface area contributed by atoms with Crippen LogP contribution in [0.5, 0.6) is 0 Å². The first-order chi connectivity index (χ1) is 14.1. The summed E-state index contributed by atoms with van der Waals surface area (Å²) in [5, 5.41) is 12.9. The van der Waals surface area contributed by atoms with Gasteiger partial charge in [0, 0.05) is 19.3 Å². The lowest BCUT2D eigenvalue weighted by Gasteiger charge is -2.39. The third-order valence-electron chi connectivity index (χ3n) is 6.48. The zero-order valence-corrected chi connectivity index (χ0v) is 17.6. The molecule has 1 aliphatic heterocycles.